The average Bonchev–Trinajstić information content (AvgIpc) is 2.33. The molecule has 0 unspecified atom stereocenters. The molecule has 0 saturated carbocycles. The van der Waals surface area contributed by atoms with Crippen molar-refractivity contribution in [3.8, 4) is 0 Å². The maximum atomic E-state index is 11.4. The predicted octanol–water partition coefficient (Wildman–Crippen LogP) is 0.816. The molecule has 0 aromatic carbocycles. The summed E-state index contributed by atoms with van der Waals surface area (Å²) in [6.45, 7) is 5.37. The Labute approximate surface area is 79.2 Å². The van der Waals surface area contributed by atoms with Gasteiger partial charge in [0.15, 0.2) is 0 Å². The minimum absolute atomic E-state index is 0.157. The molecule has 0 aliphatic rings. The highest BCUT2D eigenvalue weighted by molar-refractivity contribution is 7.13. The van der Waals surface area contributed by atoms with Crippen LogP contribution in [0.5, 0.6) is 0 Å². The van der Waals surface area contributed by atoms with Crippen molar-refractivity contribution in [3.63, 3.8) is 0 Å². The van der Waals surface area contributed by atoms with Crippen molar-refractivity contribution in [2.24, 2.45) is 5.41 Å². The lowest BCUT2D eigenvalue weighted by Gasteiger charge is -2.15. The third kappa shape index (κ3) is 2.66. The van der Waals surface area contributed by atoms with E-state index in [1.165, 1.54) is 0 Å². The van der Waals surface area contributed by atoms with Gasteiger partial charge in [-0.3, -0.25) is 9.59 Å². The Morgan fingerprint density at radius 1 is 1.54 bits per heavy atom. The molecule has 1 rings (SSSR count). The fourth-order valence-corrected chi connectivity index (χ4v) is 1.07. The van der Waals surface area contributed by atoms with Crippen molar-refractivity contribution in [2.75, 3.05) is 5.32 Å². The highest BCUT2D eigenvalue weighted by Gasteiger charge is 2.22. The summed E-state index contributed by atoms with van der Waals surface area (Å²) in [5.41, 5.74) is -0.477. The summed E-state index contributed by atoms with van der Waals surface area (Å²) in [4.78, 5) is 21.8. The Bertz CT molecular complexity index is 360. The van der Waals surface area contributed by atoms with Gasteiger partial charge in [0.25, 0.3) is 0 Å². The first-order valence-electron chi connectivity index (χ1n) is 3.76. The lowest BCUT2D eigenvalue weighted by Crippen LogP contribution is -2.27. The summed E-state index contributed by atoms with van der Waals surface area (Å²) in [5.74, 6) is -0.157. The van der Waals surface area contributed by atoms with Crippen LogP contribution in [0.2, 0.25) is 0 Å². The third-order valence-electron chi connectivity index (χ3n) is 1.34. The molecule has 0 aliphatic heterocycles. The normalized spacial score (nSPS) is 11.3. The molecule has 0 aliphatic carbocycles. The Hall–Kier alpha value is -1.17. The summed E-state index contributed by atoms with van der Waals surface area (Å²) in [5, 5.41) is 8.69. The summed E-state index contributed by atoms with van der Waals surface area (Å²) in [6, 6.07) is 0. The highest BCUT2D eigenvalue weighted by atomic mass is 32.1. The molecule has 2 N–H and O–H groups in total. The SMILES string of the molecule is CC(C)(C)C(=O)Nc1n[nH]c(=O)s1. The number of carbonyl (C=O) groups excluding carboxylic acids is 1. The molecule has 0 saturated heterocycles. The van der Waals surface area contributed by atoms with Crippen LogP contribution < -0.4 is 10.2 Å². The van der Waals surface area contributed by atoms with Gasteiger partial charge in [-0.05, 0) is 11.3 Å². The number of nitrogens with one attached hydrogen (secondary N) is 2. The van der Waals surface area contributed by atoms with Gasteiger partial charge in [-0.1, -0.05) is 20.8 Å². The van der Waals surface area contributed by atoms with Crippen LogP contribution in [-0.4, -0.2) is 16.1 Å². The van der Waals surface area contributed by atoms with E-state index in [1.807, 2.05) is 0 Å². The van der Waals surface area contributed by atoms with E-state index in [0.717, 1.165) is 11.3 Å². The fraction of sp³-hybridized carbons (Fsp3) is 0.571. The molecule has 0 spiro atoms. The second kappa shape index (κ2) is 3.29. The average molecular weight is 201 g/mol. The van der Waals surface area contributed by atoms with Crippen molar-refractivity contribution < 1.29 is 4.79 Å². The fourth-order valence-electron chi connectivity index (χ4n) is 0.568. The molecule has 5 nitrogen and oxygen atoms in total. The maximum Gasteiger partial charge on any atom is 0.324 e. The number of carbonyl (C=O) groups is 1. The zero-order valence-corrected chi connectivity index (χ0v) is 8.49. The molecule has 1 heterocycles. The van der Waals surface area contributed by atoms with E-state index in [0.29, 0.717) is 5.13 Å². The van der Waals surface area contributed by atoms with Gasteiger partial charge in [0, 0.05) is 5.41 Å². The molecule has 6 heteroatoms. The van der Waals surface area contributed by atoms with Gasteiger partial charge >= 0.3 is 4.87 Å². The largest absolute Gasteiger partial charge is 0.324 e. The summed E-state index contributed by atoms with van der Waals surface area (Å²) in [6.07, 6.45) is 0. The Morgan fingerprint density at radius 2 is 2.15 bits per heavy atom. The smallest absolute Gasteiger partial charge is 0.300 e. The van der Waals surface area contributed by atoms with Crippen LogP contribution >= 0.6 is 11.3 Å². The summed E-state index contributed by atoms with van der Waals surface area (Å²) < 4.78 is 0. The lowest BCUT2D eigenvalue weighted by molar-refractivity contribution is -0.123. The topological polar surface area (TPSA) is 74.8 Å². The van der Waals surface area contributed by atoms with E-state index in [4.69, 9.17) is 0 Å². The second-order valence-corrected chi connectivity index (χ2v) is 4.58. The van der Waals surface area contributed by atoms with Gasteiger partial charge in [-0.2, -0.15) is 0 Å². The number of aromatic amines is 1. The van der Waals surface area contributed by atoms with Crippen molar-refractivity contribution >= 4 is 22.4 Å². The molecule has 1 aromatic rings. The van der Waals surface area contributed by atoms with Crippen LogP contribution in [-0.2, 0) is 4.79 Å². The molecular formula is C7H11N3O2S. The minimum Gasteiger partial charge on any atom is -0.300 e. The lowest BCUT2D eigenvalue weighted by atomic mass is 9.96. The zero-order valence-electron chi connectivity index (χ0n) is 7.67. The number of rotatable bonds is 1. The van der Waals surface area contributed by atoms with E-state index in [2.05, 4.69) is 15.5 Å². The van der Waals surface area contributed by atoms with E-state index >= 15 is 0 Å². The molecule has 1 amide bonds. The summed E-state index contributed by atoms with van der Waals surface area (Å²) >= 11 is 0.878. The van der Waals surface area contributed by atoms with E-state index in [9.17, 15) is 9.59 Å². The van der Waals surface area contributed by atoms with Gasteiger partial charge in [-0.25, -0.2) is 5.10 Å². The molecule has 0 radical (unpaired) electrons. The van der Waals surface area contributed by atoms with Gasteiger partial charge in [0.1, 0.15) is 0 Å². The number of hydrogen-bond acceptors (Lipinski definition) is 4. The monoisotopic (exact) mass is 201 g/mol. The third-order valence-corrected chi connectivity index (χ3v) is 2.00. The van der Waals surface area contributed by atoms with Crippen LogP contribution in [0.4, 0.5) is 5.13 Å². The van der Waals surface area contributed by atoms with Gasteiger partial charge in [0.2, 0.25) is 11.0 Å². The number of hydrogen-bond donors (Lipinski definition) is 2. The van der Waals surface area contributed by atoms with Crippen molar-refractivity contribution in [1.82, 2.24) is 10.2 Å². The molecule has 1 aromatic heterocycles. The Balaban J connectivity index is 2.71. The number of H-pyrrole nitrogens is 1. The zero-order chi connectivity index (χ0) is 10.1. The number of amides is 1. The quantitative estimate of drug-likeness (QED) is 0.706. The van der Waals surface area contributed by atoms with Crippen LogP contribution in [0.3, 0.4) is 0 Å². The summed E-state index contributed by atoms with van der Waals surface area (Å²) in [7, 11) is 0. The minimum atomic E-state index is -0.477. The van der Waals surface area contributed by atoms with Crippen LogP contribution in [0.25, 0.3) is 0 Å². The van der Waals surface area contributed by atoms with Crippen LogP contribution in [0.15, 0.2) is 4.79 Å². The number of aromatic nitrogens is 2. The Morgan fingerprint density at radius 3 is 2.54 bits per heavy atom. The molecule has 0 fully saturated rings. The van der Waals surface area contributed by atoms with Crippen molar-refractivity contribution in [1.29, 1.82) is 0 Å². The van der Waals surface area contributed by atoms with Crippen LogP contribution in [0, 0.1) is 5.41 Å². The van der Waals surface area contributed by atoms with Gasteiger partial charge < -0.3 is 5.32 Å². The van der Waals surface area contributed by atoms with Gasteiger partial charge in [0.05, 0.1) is 0 Å². The first-order chi connectivity index (χ1) is 5.89. The first-order valence-corrected chi connectivity index (χ1v) is 4.58. The molecule has 0 atom stereocenters. The molecule has 0 bridgehead atoms. The van der Waals surface area contributed by atoms with E-state index < -0.39 is 5.41 Å². The van der Waals surface area contributed by atoms with Crippen molar-refractivity contribution in [3.05, 3.63) is 9.67 Å². The van der Waals surface area contributed by atoms with Gasteiger partial charge in [-0.15, -0.1) is 5.10 Å². The number of nitrogens with zero attached hydrogens (tertiary/aromatic N) is 1. The number of anilines is 1. The molecular weight excluding hydrogens is 190 g/mol. The molecule has 13 heavy (non-hydrogen) atoms. The maximum absolute atomic E-state index is 11.4. The van der Waals surface area contributed by atoms with E-state index in [-0.39, 0.29) is 10.8 Å². The second-order valence-electron chi connectivity index (χ2n) is 3.62. The first kappa shape index (κ1) is 9.91. The molecule has 72 valence electrons. The predicted molar refractivity (Wildman–Crippen MR) is 50.8 cm³/mol. The van der Waals surface area contributed by atoms with Crippen molar-refractivity contribution in [2.45, 2.75) is 20.8 Å². The Kier molecular flexibility index (Phi) is 2.51. The highest BCUT2D eigenvalue weighted by Crippen LogP contribution is 2.16. The van der Waals surface area contributed by atoms with Crippen LogP contribution in [0.1, 0.15) is 20.8 Å². The standard InChI is InChI=1S/C7H11N3O2S/c1-7(2,3)4(11)8-5-9-10-6(12)13-5/h1-3H3,(H,10,12)(H,8,9,11). The van der Waals surface area contributed by atoms with E-state index in [1.54, 1.807) is 20.8 Å².